The zero-order valence-electron chi connectivity index (χ0n) is 29.0. The number of aliphatic carboxylic acids is 1. The van der Waals surface area contributed by atoms with Crippen molar-refractivity contribution in [1.82, 2.24) is 0 Å². The maximum atomic E-state index is 13.0. The fourth-order valence-corrected chi connectivity index (χ4v) is 12.7. The Morgan fingerprint density at radius 1 is 0.932 bits per heavy atom. The molecule has 0 aromatic rings. The van der Waals surface area contributed by atoms with E-state index in [1.807, 2.05) is 0 Å². The molecule has 5 heteroatoms. The van der Waals surface area contributed by atoms with Gasteiger partial charge in [-0.25, -0.2) is 0 Å². The molecule has 5 nitrogen and oxygen atoms in total. The smallest absolute Gasteiger partial charge is 0.309 e. The molecule has 5 aliphatic rings. The van der Waals surface area contributed by atoms with E-state index in [1.54, 1.807) is 13.8 Å². The van der Waals surface area contributed by atoms with Crippen molar-refractivity contribution in [3.05, 3.63) is 12.2 Å². The minimum Gasteiger partial charge on any atom is -0.481 e. The largest absolute Gasteiger partial charge is 0.481 e. The van der Waals surface area contributed by atoms with Gasteiger partial charge in [-0.15, -0.1) is 6.42 Å². The molecule has 5 saturated carbocycles. The van der Waals surface area contributed by atoms with Crippen molar-refractivity contribution in [3.63, 3.8) is 0 Å². The van der Waals surface area contributed by atoms with Crippen LogP contribution in [0.3, 0.4) is 0 Å². The lowest BCUT2D eigenvalue weighted by Gasteiger charge is -2.73. The van der Waals surface area contributed by atoms with E-state index in [0.717, 1.165) is 25.7 Å². The van der Waals surface area contributed by atoms with Crippen molar-refractivity contribution in [1.29, 1.82) is 0 Å². The normalized spacial score (nSPS) is 44.2. The fourth-order valence-electron chi connectivity index (χ4n) is 12.7. The lowest BCUT2D eigenvalue weighted by molar-refractivity contribution is -0.252. The molecule has 0 aromatic carbocycles. The van der Waals surface area contributed by atoms with Gasteiger partial charge in [-0.3, -0.25) is 9.59 Å². The molecule has 10 atom stereocenters. The number of rotatable bonds is 8. The van der Waals surface area contributed by atoms with Gasteiger partial charge in [-0.05, 0) is 136 Å². The number of terminal acetylenes is 1. The van der Waals surface area contributed by atoms with Crippen LogP contribution in [0.1, 0.15) is 126 Å². The van der Waals surface area contributed by atoms with Crippen LogP contribution in [-0.2, 0) is 19.1 Å². The van der Waals surface area contributed by atoms with Crippen LogP contribution in [0.15, 0.2) is 12.2 Å². The average Bonchev–Trinajstić information content (AvgIpc) is 3.32. The van der Waals surface area contributed by atoms with Gasteiger partial charge >= 0.3 is 11.9 Å². The van der Waals surface area contributed by atoms with Crippen molar-refractivity contribution in [2.75, 3.05) is 13.2 Å². The molecule has 0 bridgehead atoms. The molecule has 5 rings (SSSR count). The highest BCUT2D eigenvalue weighted by Crippen LogP contribution is 2.77. The number of carboxylic acid groups (broad SMARTS) is 1. The SMILES string of the molecule is C#CCO[C@H]1CC[C@]2(C)[C@H]3CC[C@@H]4[C@H]5[C@H](C(=C)C)CC[C@]5(COC(=O)CC(C)(C)C(=O)O)CC[C@@]4(C)[C@]3(C)CC[C@H]2C1(C)C. The summed E-state index contributed by atoms with van der Waals surface area (Å²) in [5.74, 6) is 4.12. The second kappa shape index (κ2) is 11.2. The Kier molecular flexibility index (Phi) is 8.52. The van der Waals surface area contributed by atoms with Gasteiger partial charge in [0.1, 0.15) is 6.61 Å². The number of hydrogen-bond donors (Lipinski definition) is 1. The number of esters is 1. The standard InChI is InChI=1S/C39H60O5/c1-11-22-43-30-16-17-36(8)28(35(30,6)7)15-18-38(10)29(36)13-12-27-32-26(25(2)3)14-19-39(32,21-20-37(27,38)9)24-44-31(40)23-34(4,5)33(41)42/h1,26-30,32H,2,12-24H2,3-10H3,(H,41,42)/t26-,27+,28-,29+,30-,32+,36-,37+,38+,39+/m0/s1. The van der Waals surface area contributed by atoms with Gasteiger partial charge in [0, 0.05) is 5.41 Å². The summed E-state index contributed by atoms with van der Waals surface area (Å²) in [5, 5.41) is 9.56. The average molecular weight is 609 g/mol. The van der Waals surface area contributed by atoms with E-state index in [9.17, 15) is 14.7 Å². The Morgan fingerprint density at radius 2 is 1.64 bits per heavy atom. The number of carbonyl (C=O) groups is 2. The highest BCUT2D eigenvalue weighted by molar-refractivity contribution is 5.81. The van der Waals surface area contributed by atoms with Gasteiger partial charge in [-0.1, -0.05) is 52.7 Å². The van der Waals surface area contributed by atoms with E-state index in [0.29, 0.717) is 42.8 Å². The van der Waals surface area contributed by atoms with E-state index < -0.39 is 11.4 Å². The van der Waals surface area contributed by atoms with Crippen LogP contribution >= 0.6 is 0 Å². The molecule has 44 heavy (non-hydrogen) atoms. The van der Waals surface area contributed by atoms with Crippen molar-refractivity contribution in [2.45, 2.75) is 132 Å². The van der Waals surface area contributed by atoms with Crippen LogP contribution in [0.5, 0.6) is 0 Å². The number of allylic oxidation sites excluding steroid dienone is 1. The zero-order valence-corrected chi connectivity index (χ0v) is 29.0. The molecule has 5 fully saturated rings. The highest BCUT2D eigenvalue weighted by Gasteiger charge is 2.71. The quantitative estimate of drug-likeness (QED) is 0.170. The molecule has 5 aliphatic carbocycles. The summed E-state index contributed by atoms with van der Waals surface area (Å²) in [7, 11) is 0. The summed E-state index contributed by atoms with van der Waals surface area (Å²) >= 11 is 0. The Morgan fingerprint density at radius 3 is 2.27 bits per heavy atom. The molecule has 0 unspecified atom stereocenters. The lowest BCUT2D eigenvalue weighted by Crippen LogP contribution is -2.67. The molecule has 0 saturated heterocycles. The van der Waals surface area contributed by atoms with Crippen LogP contribution in [-0.4, -0.2) is 36.4 Å². The highest BCUT2D eigenvalue weighted by atomic mass is 16.5. The minimum atomic E-state index is -1.13. The van der Waals surface area contributed by atoms with Crippen molar-refractivity contribution < 1.29 is 24.2 Å². The van der Waals surface area contributed by atoms with Crippen LogP contribution < -0.4 is 0 Å². The predicted molar refractivity (Wildman–Crippen MR) is 175 cm³/mol. The van der Waals surface area contributed by atoms with Crippen molar-refractivity contribution in [3.8, 4) is 12.3 Å². The van der Waals surface area contributed by atoms with E-state index in [4.69, 9.17) is 15.9 Å². The summed E-state index contributed by atoms with van der Waals surface area (Å²) in [4.78, 5) is 24.6. The number of carbonyl (C=O) groups excluding carboxylic acids is 1. The minimum absolute atomic E-state index is 0.0461. The molecule has 1 N–H and O–H groups in total. The summed E-state index contributed by atoms with van der Waals surface area (Å²) in [6.07, 6.45) is 17.4. The first-order valence-corrected chi connectivity index (χ1v) is 17.5. The molecule has 0 radical (unpaired) electrons. The van der Waals surface area contributed by atoms with Gasteiger partial charge in [0.05, 0.1) is 24.5 Å². The van der Waals surface area contributed by atoms with Crippen LogP contribution in [0, 0.1) is 74.4 Å². The molecular formula is C39H60O5. The Bertz CT molecular complexity index is 1210. The zero-order chi connectivity index (χ0) is 32.5. The second-order valence-electron chi connectivity index (χ2n) is 17.9. The molecule has 0 aliphatic heterocycles. The van der Waals surface area contributed by atoms with Gasteiger partial charge in [0.15, 0.2) is 0 Å². The number of ether oxygens (including phenoxy) is 2. The first-order valence-electron chi connectivity index (χ1n) is 17.5. The summed E-state index contributed by atoms with van der Waals surface area (Å²) < 4.78 is 12.3. The first-order chi connectivity index (χ1) is 20.4. The third kappa shape index (κ3) is 4.91. The molecule has 246 valence electrons. The Hall–Kier alpha value is -1.80. The fraction of sp³-hybridized carbons (Fsp3) is 0.846. The first kappa shape index (κ1) is 33.6. The van der Waals surface area contributed by atoms with E-state index in [1.165, 1.54) is 44.1 Å². The van der Waals surface area contributed by atoms with Gasteiger partial charge in [0.2, 0.25) is 0 Å². The number of fused-ring (bicyclic) bond motifs is 7. The molecule has 0 spiro atoms. The lowest BCUT2D eigenvalue weighted by atomic mass is 9.32. The van der Waals surface area contributed by atoms with Crippen LogP contribution in [0.2, 0.25) is 0 Å². The third-order valence-corrected chi connectivity index (χ3v) is 15.2. The van der Waals surface area contributed by atoms with Crippen molar-refractivity contribution >= 4 is 11.9 Å². The topological polar surface area (TPSA) is 72.8 Å². The van der Waals surface area contributed by atoms with Crippen LogP contribution in [0.25, 0.3) is 0 Å². The molecule has 0 amide bonds. The molecule has 0 heterocycles. The monoisotopic (exact) mass is 608 g/mol. The molecular weight excluding hydrogens is 548 g/mol. The van der Waals surface area contributed by atoms with Crippen LogP contribution in [0.4, 0.5) is 0 Å². The van der Waals surface area contributed by atoms with Gasteiger partial charge < -0.3 is 14.6 Å². The Balaban J connectivity index is 1.42. The van der Waals surface area contributed by atoms with E-state index >= 15 is 0 Å². The predicted octanol–water partition coefficient (Wildman–Crippen LogP) is 8.71. The third-order valence-electron chi connectivity index (χ3n) is 15.2. The van der Waals surface area contributed by atoms with E-state index in [2.05, 4.69) is 54.0 Å². The van der Waals surface area contributed by atoms with E-state index in [-0.39, 0.29) is 45.6 Å². The van der Waals surface area contributed by atoms with Gasteiger partial charge in [0.25, 0.3) is 0 Å². The second-order valence-corrected chi connectivity index (χ2v) is 17.9. The number of carboxylic acids is 1. The number of hydrogen-bond acceptors (Lipinski definition) is 4. The Labute approximate surface area is 267 Å². The maximum Gasteiger partial charge on any atom is 0.309 e. The van der Waals surface area contributed by atoms with Crippen molar-refractivity contribution in [2.24, 2.45) is 62.1 Å². The summed E-state index contributed by atoms with van der Waals surface area (Å²) in [5.41, 5.74) is 0.945. The maximum absolute atomic E-state index is 13.0. The summed E-state index contributed by atoms with van der Waals surface area (Å²) in [6.45, 7) is 23.5. The molecule has 0 aromatic heterocycles. The summed E-state index contributed by atoms with van der Waals surface area (Å²) in [6, 6.07) is 0. The van der Waals surface area contributed by atoms with Gasteiger partial charge in [-0.2, -0.15) is 0 Å².